The molecule has 1 atom stereocenters. The number of amides is 1. The lowest BCUT2D eigenvalue weighted by atomic mass is 9.49. The van der Waals surface area contributed by atoms with Gasteiger partial charge in [0, 0.05) is 18.3 Å². The SMILES string of the molecule is COc1cc(NCC(O)CO)ccc1NC(=O)C12CC3CC(CC(C3)C1)C2. The first-order valence-corrected chi connectivity index (χ1v) is 10.0. The summed E-state index contributed by atoms with van der Waals surface area (Å²) >= 11 is 0. The van der Waals surface area contributed by atoms with E-state index in [1.807, 2.05) is 12.1 Å². The first-order valence-electron chi connectivity index (χ1n) is 10.0. The smallest absolute Gasteiger partial charge is 0.230 e. The predicted octanol–water partition coefficient (Wildman–Crippen LogP) is 2.62. The molecule has 0 heterocycles. The van der Waals surface area contributed by atoms with Crippen LogP contribution in [-0.2, 0) is 4.79 Å². The highest BCUT2D eigenvalue weighted by atomic mass is 16.5. The van der Waals surface area contributed by atoms with Gasteiger partial charge in [-0.3, -0.25) is 4.79 Å². The van der Waals surface area contributed by atoms with E-state index in [-0.39, 0.29) is 24.5 Å². The van der Waals surface area contributed by atoms with Gasteiger partial charge < -0.3 is 25.6 Å². The molecule has 1 unspecified atom stereocenters. The largest absolute Gasteiger partial charge is 0.494 e. The second-order valence-corrected chi connectivity index (χ2v) is 8.78. The number of ether oxygens (including phenoxy) is 1. The average molecular weight is 374 g/mol. The van der Waals surface area contributed by atoms with Crippen LogP contribution < -0.4 is 15.4 Å². The van der Waals surface area contributed by atoms with Gasteiger partial charge in [-0.1, -0.05) is 0 Å². The lowest BCUT2D eigenvalue weighted by Gasteiger charge is -2.55. The van der Waals surface area contributed by atoms with Crippen LogP contribution >= 0.6 is 0 Å². The average Bonchev–Trinajstić information content (AvgIpc) is 2.65. The number of methoxy groups -OCH3 is 1. The van der Waals surface area contributed by atoms with Gasteiger partial charge in [0.25, 0.3) is 0 Å². The second-order valence-electron chi connectivity index (χ2n) is 8.78. The van der Waals surface area contributed by atoms with Crippen molar-refractivity contribution in [3.8, 4) is 5.75 Å². The highest BCUT2D eigenvalue weighted by molar-refractivity contribution is 5.97. The monoisotopic (exact) mass is 374 g/mol. The fourth-order valence-electron chi connectivity index (χ4n) is 5.85. The topological polar surface area (TPSA) is 90.8 Å². The Bertz CT molecular complexity index is 670. The van der Waals surface area contributed by atoms with Crippen molar-refractivity contribution in [1.29, 1.82) is 0 Å². The number of rotatable bonds is 7. The molecule has 0 radical (unpaired) electrons. The Morgan fingerprint density at radius 3 is 2.41 bits per heavy atom. The van der Waals surface area contributed by atoms with Gasteiger partial charge in [0.15, 0.2) is 0 Å². The molecule has 5 rings (SSSR count). The minimum absolute atomic E-state index is 0.149. The third-order valence-electron chi connectivity index (χ3n) is 6.72. The molecule has 4 aliphatic rings. The Kier molecular flexibility index (Phi) is 5.03. The van der Waals surface area contributed by atoms with Crippen LogP contribution in [0.2, 0.25) is 0 Å². The standard InChI is InChI=1S/C21H30N2O4/c1-27-19-7-16(22-11-17(25)12-24)2-3-18(19)23-20(26)21-8-13-4-14(9-21)6-15(5-13)10-21/h2-3,7,13-15,17,22,24-25H,4-6,8-12H2,1H3,(H,23,26). The van der Waals surface area contributed by atoms with Crippen molar-refractivity contribution < 1.29 is 19.7 Å². The minimum Gasteiger partial charge on any atom is -0.494 e. The van der Waals surface area contributed by atoms with Crippen molar-refractivity contribution in [2.24, 2.45) is 23.2 Å². The lowest BCUT2D eigenvalue weighted by Crippen LogP contribution is -2.51. The summed E-state index contributed by atoms with van der Waals surface area (Å²) in [6.45, 7) is -0.0397. The van der Waals surface area contributed by atoms with E-state index >= 15 is 0 Å². The molecule has 6 nitrogen and oxygen atoms in total. The molecular formula is C21H30N2O4. The Morgan fingerprint density at radius 2 is 1.85 bits per heavy atom. The van der Waals surface area contributed by atoms with E-state index in [9.17, 15) is 9.90 Å². The van der Waals surface area contributed by atoms with Crippen LogP contribution in [0.25, 0.3) is 0 Å². The second kappa shape index (κ2) is 7.32. The maximum Gasteiger partial charge on any atom is 0.230 e. The molecule has 148 valence electrons. The van der Waals surface area contributed by atoms with Crippen molar-refractivity contribution in [3.05, 3.63) is 18.2 Å². The van der Waals surface area contributed by atoms with Crippen molar-refractivity contribution in [3.63, 3.8) is 0 Å². The molecule has 4 aliphatic carbocycles. The quantitative estimate of drug-likeness (QED) is 0.589. The van der Waals surface area contributed by atoms with Gasteiger partial charge in [0.05, 0.1) is 30.9 Å². The zero-order chi connectivity index (χ0) is 19.0. The van der Waals surface area contributed by atoms with Crippen LogP contribution in [0.3, 0.4) is 0 Å². The molecule has 0 aromatic heterocycles. The summed E-state index contributed by atoms with van der Waals surface area (Å²) in [5, 5.41) is 24.6. The van der Waals surface area contributed by atoms with Gasteiger partial charge in [-0.05, 0) is 68.4 Å². The van der Waals surface area contributed by atoms with Crippen LogP contribution in [0.1, 0.15) is 38.5 Å². The van der Waals surface area contributed by atoms with Crippen LogP contribution in [0.4, 0.5) is 11.4 Å². The summed E-state index contributed by atoms with van der Waals surface area (Å²) in [5.41, 5.74) is 1.26. The van der Waals surface area contributed by atoms with Gasteiger partial charge in [-0.15, -0.1) is 0 Å². The number of anilines is 2. The fraction of sp³-hybridized carbons (Fsp3) is 0.667. The number of hydrogen-bond acceptors (Lipinski definition) is 5. The first-order chi connectivity index (χ1) is 13.0. The maximum atomic E-state index is 13.2. The normalized spacial score (nSPS) is 32.2. The zero-order valence-electron chi connectivity index (χ0n) is 15.9. The molecular weight excluding hydrogens is 344 g/mol. The fourth-order valence-corrected chi connectivity index (χ4v) is 5.85. The Morgan fingerprint density at radius 1 is 1.22 bits per heavy atom. The van der Waals surface area contributed by atoms with E-state index in [4.69, 9.17) is 9.84 Å². The molecule has 4 fully saturated rings. The van der Waals surface area contributed by atoms with E-state index < -0.39 is 6.10 Å². The molecule has 6 heteroatoms. The summed E-state index contributed by atoms with van der Waals surface area (Å²) in [7, 11) is 1.59. The van der Waals surface area contributed by atoms with Gasteiger partial charge in [-0.25, -0.2) is 0 Å². The number of benzene rings is 1. The Hall–Kier alpha value is -1.79. The van der Waals surface area contributed by atoms with Crippen LogP contribution in [0.15, 0.2) is 18.2 Å². The molecule has 1 aromatic rings. The van der Waals surface area contributed by atoms with E-state index in [1.54, 1.807) is 13.2 Å². The number of aliphatic hydroxyl groups excluding tert-OH is 2. The van der Waals surface area contributed by atoms with E-state index in [2.05, 4.69) is 10.6 Å². The third kappa shape index (κ3) is 3.65. The van der Waals surface area contributed by atoms with Crippen molar-refractivity contribution in [2.45, 2.75) is 44.6 Å². The maximum absolute atomic E-state index is 13.2. The van der Waals surface area contributed by atoms with Crippen molar-refractivity contribution >= 4 is 17.3 Å². The number of hydrogen-bond donors (Lipinski definition) is 4. The number of carbonyl (C=O) groups excluding carboxylic acids is 1. The van der Waals surface area contributed by atoms with Crippen LogP contribution in [0.5, 0.6) is 5.75 Å². The van der Waals surface area contributed by atoms with E-state index in [1.165, 1.54) is 19.3 Å². The van der Waals surface area contributed by atoms with Gasteiger partial charge >= 0.3 is 0 Å². The molecule has 0 spiro atoms. The number of carbonyl (C=O) groups is 1. The molecule has 0 saturated heterocycles. The van der Waals surface area contributed by atoms with E-state index in [0.717, 1.165) is 42.7 Å². The highest BCUT2D eigenvalue weighted by Gasteiger charge is 2.54. The first kappa shape index (κ1) is 18.6. The molecule has 1 aromatic carbocycles. The summed E-state index contributed by atoms with van der Waals surface area (Å²) in [6.07, 6.45) is 6.23. The third-order valence-corrected chi connectivity index (χ3v) is 6.72. The van der Waals surface area contributed by atoms with Crippen LogP contribution in [0, 0.1) is 23.2 Å². The number of nitrogens with one attached hydrogen (secondary N) is 2. The van der Waals surface area contributed by atoms with Gasteiger partial charge in [-0.2, -0.15) is 0 Å². The molecule has 27 heavy (non-hydrogen) atoms. The predicted molar refractivity (Wildman–Crippen MR) is 104 cm³/mol. The minimum atomic E-state index is -0.813. The Balaban J connectivity index is 1.46. The zero-order valence-corrected chi connectivity index (χ0v) is 15.9. The summed E-state index contributed by atoms with van der Waals surface area (Å²) in [6, 6.07) is 5.49. The summed E-state index contributed by atoms with van der Waals surface area (Å²) < 4.78 is 5.47. The molecule has 4 bridgehead atoms. The highest BCUT2D eigenvalue weighted by Crippen LogP contribution is 2.60. The van der Waals surface area contributed by atoms with Crippen molar-refractivity contribution in [2.75, 3.05) is 30.9 Å². The molecule has 1 amide bonds. The number of aliphatic hydroxyl groups is 2. The lowest BCUT2D eigenvalue weighted by molar-refractivity contribution is -0.140. The van der Waals surface area contributed by atoms with Crippen LogP contribution in [-0.4, -0.2) is 42.5 Å². The van der Waals surface area contributed by atoms with Gasteiger partial charge in [0.1, 0.15) is 5.75 Å². The molecule has 0 aliphatic heterocycles. The summed E-state index contributed by atoms with van der Waals surface area (Å²) in [5.74, 6) is 2.93. The molecule has 4 saturated carbocycles. The Labute approximate surface area is 160 Å². The van der Waals surface area contributed by atoms with Crippen molar-refractivity contribution in [1.82, 2.24) is 0 Å². The van der Waals surface area contributed by atoms with E-state index in [0.29, 0.717) is 11.4 Å². The molecule has 4 N–H and O–H groups in total. The summed E-state index contributed by atoms with van der Waals surface area (Å²) in [4.78, 5) is 13.2. The van der Waals surface area contributed by atoms with Gasteiger partial charge in [0.2, 0.25) is 5.91 Å².